The van der Waals surface area contributed by atoms with Gasteiger partial charge in [-0.3, -0.25) is 19.3 Å². The van der Waals surface area contributed by atoms with E-state index in [0.29, 0.717) is 26.1 Å². The number of carbonyl (C=O) groups excluding carboxylic acids is 2. The molecule has 0 radical (unpaired) electrons. The van der Waals surface area contributed by atoms with Crippen LogP contribution in [0.2, 0.25) is 0 Å². The van der Waals surface area contributed by atoms with Crippen LogP contribution in [0.1, 0.15) is 132 Å². The molecule has 2 aliphatic rings. The van der Waals surface area contributed by atoms with E-state index >= 15 is 0 Å². The molecule has 8 nitrogen and oxygen atoms in total. The standard InChI is InChI=1S/C34H60N2O6/c1-11-21-39-35-31(3,4)23-27(24-32(35,5)6)41-29(37)19-17-15-13-14-16-18-20-30(38)42-28-25-33(7,8)36(40-22-12-2)34(9,10)26-28/h11-12,27-28H,1-2,13-26H2,3-10H3. The summed E-state index contributed by atoms with van der Waals surface area (Å²) in [4.78, 5) is 37.0. The largest absolute Gasteiger partial charge is 0.462 e. The lowest BCUT2D eigenvalue weighted by Crippen LogP contribution is -2.62. The third-order valence-corrected chi connectivity index (χ3v) is 8.36. The van der Waals surface area contributed by atoms with E-state index in [2.05, 4.69) is 68.5 Å². The summed E-state index contributed by atoms with van der Waals surface area (Å²) in [5.74, 6) is -0.224. The van der Waals surface area contributed by atoms with Crippen LogP contribution in [0.25, 0.3) is 0 Å². The topological polar surface area (TPSA) is 77.5 Å². The Morgan fingerprint density at radius 2 is 0.881 bits per heavy atom. The maximum absolute atomic E-state index is 12.6. The molecule has 2 aliphatic heterocycles. The Morgan fingerprint density at radius 1 is 0.595 bits per heavy atom. The van der Waals surface area contributed by atoms with Gasteiger partial charge in [0, 0.05) is 60.7 Å². The normalized spacial score (nSPS) is 22.4. The van der Waals surface area contributed by atoms with Crippen LogP contribution >= 0.6 is 0 Å². The number of piperidine rings is 2. The minimum Gasteiger partial charge on any atom is -0.462 e. The van der Waals surface area contributed by atoms with Crippen LogP contribution in [0.4, 0.5) is 0 Å². The number of unbranched alkanes of at least 4 members (excludes halogenated alkanes) is 5. The van der Waals surface area contributed by atoms with Crippen molar-refractivity contribution < 1.29 is 28.7 Å². The molecule has 242 valence electrons. The third-order valence-electron chi connectivity index (χ3n) is 8.36. The Morgan fingerprint density at radius 3 is 1.17 bits per heavy atom. The van der Waals surface area contributed by atoms with E-state index in [1.165, 1.54) is 0 Å². The molecule has 0 amide bonds. The minimum absolute atomic E-state index is 0.110. The van der Waals surface area contributed by atoms with E-state index in [1.807, 2.05) is 10.1 Å². The number of hydrogen-bond donors (Lipinski definition) is 0. The van der Waals surface area contributed by atoms with E-state index in [0.717, 1.165) is 64.2 Å². The van der Waals surface area contributed by atoms with Gasteiger partial charge >= 0.3 is 11.9 Å². The first-order valence-corrected chi connectivity index (χ1v) is 16.0. The zero-order valence-electron chi connectivity index (χ0n) is 28.0. The molecule has 2 fully saturated rings. The summed E-state index contributed by atoms with van der Waals surface area (Å²) in [5.41, 5.74) is -0.972. The highest BCUT2D eigenvalue weighted by atomic mass is 16.7. The lowest BCUT2D eigenvalue weighted by molar-refractivity contribution is -0.287. The average Bonchev–Trinajstić information content (AvgIpc) is 2.83. The van der Waals surface area contributed by atoms with E-state index in [9.17, 15) is 9.59 Å². The highest BCUT2D eigenvalue weighted by molar-refractivity contribution is 5.69. The zero-order valence-corrected chi connectivity index (χ0v) is 28.0. The molecule has 0 spiro atoms. The first-order chi connectivity index (χ1) is 19.5. The Labute approximate surface area is 256 Å². The highest BCUT2D eigenvalue weighted by Crippen LogP contribution is 2.41. The smallest absolute Gasteiger partial charge is 0.306 e. The lowest BCUT2D eigenvalue weighted by Gasteiger charge is -2.53. The molecule has 2 heterocycles. The molecule has 8 heteroatoms. The van der Waals surface area contributed by atoms with Crippen LogP contribution < -0.4 is 0 Å². The fourth-order valence-electron chi connectivity index (χ4n) is 7.20. The van der Waals surface area contributed by atoms with Crippen LogP contribution in [0.3, 0.4) is 0 Å². The quantitative estimate of drug-likeness (QED) is 0.0978. The Hall–Kier alpha value is -1.74. The SMILES string of the molecule is C=CCON1C(C)(C)CC(OC(=O)CCCCCCCCC(=O)OC2CC(C)(C)N(OCC=C)C(C)(C)C2)CC1(C)C. The number of rotatable bonds is 17. The Bertz CT molecular complexity index is 788. The van der Waals surface area contributed by atoms with Crippen molar-refractivity contribution in [2.45, 2.75) is 167 Å². The molecular formula is C34H60N2O6. The molecule has 2 rings (SSSR count). The number of hydroxylamine groups is 4. The molecule has 0 aromatic carbocycles. The second kappa shape index (κ2) is 15.8. The first kappa shape index (κ1) is 36.5. The second-order valence-corrected chi connectivity index (χ2v) is 14.7. The minimum atomic E-state index is -0.243. The summed E-state index contributed by atoms with van der Waals surface area (Å²) in [5, 5.41) is 4.08. The molecule has 42 heavy (non-hydrogen) atoms. The van der Waals surface area contributed by atoms with Gasteiger partial charge in [-0.05, 0) is 68.2 Å². The van der Waals surface area contributed by atoms with Gasteiger partial charge in [-0.1, -0.05) is 37.8 Å². The molecule has 0 aliphatic carbocycles. The Balaban J connectivity index is 1.60. The molecule has 0 atom stereocenters. The number of carbonyl (C=O) groups is 2. The van der Waals surface area contributed by atoms with Crippen molar-refractivity contribution in [2.75, 3.05) is 13.2 Å². The molecule has 2 saturated heterocycles. The summed E-state index contributed by atoms with van der Waals surface area (Å²) in [6.45, 7) is 25.5. The van der Waals surface area contributed by atoms with Gasteiger partial charge in [-0.15, -0.1) is 13.2 Å². The second-order valence-electron chi connectivity index (χ2n) is 14.7. The van der Waals surface area contributed by atoms with Crippen molar-refractivity contribution in [1.82, 2.24) is 10.1 Å². The van der Waals surface area contributed by atoms with Crippen LogP contribution in [0, 0.1) is 0 Å². The van der Waals surface area contributed by atoms with Crippen molar-refractivity contribution in [1.29, 1.82) is 0 Å². The highest BCUT2D eigenvalue weighted by Gasteiger charge is 2.48. The van der Waals surface area contributed by atoms with Gasteiger partial charge in [-0.25, -0.2) is 0 Å². The molecule has 0 unspecified atom stereocenters. The summed E-state index contributed by atoms with van der Waals surface area (Å²) in [6, 6.07) is 0. The van der Waals surface area contributed by atoms with Gasteiger partial charge < -0.3 is 9.47 Å². The van der Waals surface area contributed by atoms with Gasteiger partial charge in [-0.2, -0.15) is 10.1 Å². The molecule has 0 aromatic heterocycles. The summed E-state index contributed by atoms with van der Waals surface area (Å²) in [7, 11) is 0. The average molecular weight is 593 g/mol. The third kappa shape index (κ3) is 11.1. The van der Waals surface area contributed by atoms with E-state index in [4.69, 9.17) is 19.1 Å². The van der Waals surface area contributed by atoms with Crippen molar-refractivity contribution in [2.24, 2.45) is 0 Å². The van der Waals surface area contributed by atoms with Gasteiger partial charge in [0.15, 0.2) is 0 Å². The van der Waals surface area contributed by atoms with Crippen molar-refractivity contribution >= 4 is 11.9 Å². The van der Waals surface area contributed by atoms with Crippen molar-refractivity contribution in [3.8, 4) is 0 Å². The Kier molecular flexibility index (Phi) is 13.7. The molecule has 0 saturated carbocycles. The van der Waals surface area contributed by atoms with Crippen LogP contribution in [0.15, 0.2) is 25.3 Å². The fourth-order valence-corrected chi connectivity index (χ4v) is 7.20. The van der Waals surface area contributed by atoms with Gasteiger partial charge in [0.1, 0.15) is 12.2 Å². The predicted molar refractivity (Wildman–Crippen MR) is 167 cm³/mol. The summed E-state index contributed by atoms with van der Waals surface area (Å²) < 4.78 is 11.8. The lowest BCUT2D eigenvalue weighted by atomic mass is 9.80. The zero-order chi connectivity index (χ0) is 31.6. The molecule has 0 N–H and O–H groups in total. The number of ether oxygens (including phenoxy) is 2. The van der Waals surface area contributed by atoms with Crippen molar-refractivity contribution in [3.63, 3.8) is 0 Å². The molecular weight excluding hydrogens is 532 g/mol. The summed E-state index contributed by atoms with van der Waals surface area (Å²) in [6.07, 6.45) is 12.9. The maximum atomic E-state index is 12.6. The van der Waals surface area contributed by atoms with Crippen molar-refractivity contribution in [3.05, 3.63) is 25.3 Å². The monoisotopic (exact) mass is 592 g/mol. The van der Waals surface area contributed by atoms with Crippen LogP contribution in [0.5, 0.6) is 0 Å². The first-order valence-electron chi connectivity index (χ1n) is 16.0. The number of esters is 2. The van der Waals surface area contributed by atoms with E-state index in [-0.39, 0.29) is 46.3 Å². The molecule has 0 aromatic rings. The number of hydrogen-bond acceptors (Lipinski definition) is 8. The van der Waals surface area contributed by atoms with Gasteiger partial charge in [0.05, 0.1) is 13.2 Å². The number of nitrogens with zero attached hydrogens (tertiary/aromatic N) is 2. The maximum Gasteiger partial charge on any atom is 0.306 e. The fraction of sp³-hybridized carbons (Fsp3) is 0.824. The molecule has 0 bridgehead atoms. The van der Waals surface area contributed by atoms with Gasteiger partial charge in [0.2, 0.25) is 0 Å². The van der Waals surface area contributed by atoms with Crippen LogP contribution in [-0.4, -0.2) is 69.6 Å². The van der Waals surface area contributed by atoms with Crippen LogP contribution in [-0.2, 0) is 28.7 Å². The van der Waals surface area contributed by atoms with E-state index < -0.39 is 0 Å². The van der Waals surface area contributed by atoms with E-state index in [1.54, 1.807) is 12.2 Å². The van der Waals surface area contributed by atoms with Gasteiger partial charge in [0.25, 0.3) is 0 Å². The summed E-state index contributed by atoms with van der Waals surface area (Å²) >= 11 is 0. The predicted octanol–water partition coefficient (Wildman–Crippen LogP) is 7.47.